The topological polar surface area (TPSA) is 738 Å². The van der Waals surface area contributed by atoms with Crippen molar-refractivity contribution < 1.29 is 206 Å². The van der Waals surface area contributed by atoms with E-state index in [9.17, 15) is 179 Å². The molecule has 0 aliphatic carbocycles. The van der Waals surface area contributed by atoms with Crippen LogP contribution in [0.25, 0.3) is 0 Å². The lowest BCUT2D eigenvalue weighted by atomic mass is 9.78. The standard InChI is InChI=1S/C42H56O46Si41/c1-32(43)85-31-35-15-10-9-13-33(35)26-29-128(5,6)87-89-91(46)93(48)95(50)97(52)99(54)101(56)103(58)105(60)107(62)109(64)111(66)113(68)115(70)117(72)119(74)121(76)123(78)125(80)127(82)126(81)124(79)122(77)120(75)118(73)116(71)114(69)112(67)110(65)108(63)106(61)104(59)102(57)100(55)98(53)96(51)94(49)92(47)90(45)88-129(7,8)30-27-34-14-11-12-16-40(34)84-28-25-41(44)86-39-23-19-37(20-24-39)42(2,3)36-17-21-38(83-4)22-18-36/h9-24H,25-31,89H2,1-8H3. The van der Waals surface area contributed by atoms with E-state index in [1.165, 1.54) is 20.0 Å². The van der Waals surface area contributed by atoms with Gasteiger partial charge in [-0.25, -0.2) is 0 Å². The Kier molecular flexibility index (Phi) is 48.8. The van der Waals surface area contributed by atoms with E-state index in [1.54, 1.807) is 80.9 Å². The van der Waals surface area contributed by atoms with Crippen LogP contribution in [-0.2, 0) is 217 Å². The Morgan fingerprint density at radius 3 is 0.899 bits per heavy atom. The van der Waals surface area contributed by atoms with E-state index in [2.05, 4.69) is 0 Å². The van der Waals surface area contributed by atoms with Gasteiger partial charge in [0.05, 0.1) is 20.1 Å². The first-order valence-electron chi connectivity index (χ1n) is 35.6. The highest BCUT2D eigenvalue weighted by molar-refractivity contribution is 7.86. The molecule has 0 heterocycles. The zero-order valence-corrected chi connectivity index (χ0v) is 109. The van der Waals surface area contributed by atoms with Crippen LogP contribution in [-0.4, -0.2) is 346 Å². The highest BCUT2D eigenvalue weighted by Crippen LogP contribution is 2.34. The number of carbonyl (C=O) groups is 2. The minimum absolute atomic E-state index is 0.0363. The summed E-state index contributed by atoms with van der Waals surface area (Å²) in [6.07, 6.45) is 0.347. The average Bonchev–Trinajstić information content (AvgIpc) is 0.787. The molecule has 0 saturated heterocycles. The number of aryl methyl sites for hydroxylation is 2. The maximum absolute atomic E-state index is 13.3. The largest absolute Gasteiger partial charge is 0.578 e. The lowest BCUT2D eigenvalue weighted by Crippen LogP contribution is -2.58. The molecule has 4 aromatic carbocycles. The van der Waals surface area contributed by atoms with Gasteiger partial charge >= 0.3 is 306 Å². The molecule has 129 heavy (non-hydrogen) atoms. The van der Waals surface area contributed by atoms with Gasteiger partial charge in [0.1, 0.15) is 23.9 Å². The Labute approximate surface area is 776 Å². The predicted molar refractivity (Wildman–Crippen MR) is 463 cm³/mol. The Hall–Kier alpha value is -3.53. The molecule has 0 radical (unpaired) electrons. The second kappa shape index (κ2) is 53.4. The molecule has 4 aromatic rings. The monoisotopic (exact) mass is 2440 g/mol. The molecule has 0 fully saturated rings. The summed E-state index contributed by atoms with van der Waals surface area (Å²) in [6, 6.07) is 28.4. The minimum Gasteiger partial charge on any atom is -0.578 e. The van der Waals surface area contributed by atoms with Gasteiger partial charge < -0.3 is 197 Å². The summed E-state index contributed by atoms with van der Waals surface area (Å²) in [5, 5.41) is 0. The van der Waals surface area contributed by atoms with Crippen molar-refractivity contribution in [3.63, 3.8) is 0 Å². The van der Waals surface area contributed by atoms with Gasteiger partial charge in [-0.15, -0.1) is 0 Å². The number of esters is 2. The molecule has 0 saturated carbocycles. The van der Waals surface area contributed by atoms with Gasteiger partial charge in [-0.05, 0) is 109 Å². The Morgan fingerprint density at radius 2 is 0.589 bits per heavy atom. The van der Waals surface area contributed by atoms with Crippen molar-refractivity contribution in [1.29, 1.82) is 0 Å². The van der Waals surface area contributed by atoms with Crippen LogP contribution in [0.4, 0.5) is 0 Å². The van der Waals surface area contributed by atoms with Gasteiger partial charge in [0.25, 0.3) is 0 Å². The molecule has 0 atom stereocenters. The number of carbonyl (C=O) groups excluding carboxylic acids is 2. The van der Waals surface area contributed by atoms with Crippen molar-refractivity contribution >= 4 is 332 Å². The SMILES string of the molecule is COc1ccc(C(C)(C)c2ccc(OC(=O)CCOc3ccccc3CC[Si](C)(C)O[Si](=O)[Si](=O)[Si](=O)[Si](=O)[Si](=O)[Si](=O)[Si](=O)[Si](=O)[Si](=O)[Si](=O)[Si](=O)[Si](=O)[Si](=O)[Si](=O)[Si](=O)[Si](=O)[Si](=O)[Si](=O)[Si](=O)[Si](=O)[Si](=O)[Si](=O)[Si](=O)[Si](=O)[Si](=O)[Si](=O)[Si](=O)[Si](=O)[Si](=O)[Si](=O)[Si](=O)[Si](=O)[Si](=O)[Si](=O)[Si](=O)[Si](=O)[Si](=O)[Si](=O)[SiH2]O[Si](C)(C)CCc3ccccc3COC(C)=O)cc2)cc1. The second-order valence-corrected chi connectivity index (χ2v) is 223. The van der Waals surface area contributed by atoms with Crippen molar-refractivity contribution in [2.45, 2.75) is 90.3 Å². The van der Waals surface area contributed by atoms with E-state index >= 15 is 0 Å². The summed E-state index contributed by atoms with van der Waals surface area (Å²) >= 11 is 0. The molecule has 664 valence electrons. The number of benzene rings is 4. The molecule has 0 aromatic heterocycles. The van der Waals surface area contributed by atoms with Gasteiger partial charge in [0.2, 0.25) is 17.6 Å². The maximum atomic E-state index is 13.3. The number of hydrogen-bond donors (Lipinski definition) is 0. The summed E-state index contributed by atoms with van der Waals surface area (Å²) in [7, 11) is -183. The first-order valence-corrected chi connectivity index (χ1v) is 135. The molecule has 0 amide bonds. The molecule has 87 heteroatoms. The summed E-state index contributed by atoms with van der Waals surface area (Å²) in [5.74, 6) is 0.152. The van der Waals surface area contributed by atoms with Crippen molar-refractivity contribution in [2.75, 3.05) is 13.7 Å². The molecule has 0 N–H and O–H groups in total. The zero-order valence-electron chi connectivity index (χ0n) is 67.2. The lowest BCUT2D eigenvalue weighted by molar-refractivity contribution is -0.142. The fraction of sp³-hybridized carbons (Fsp3) is 0.381. The molecule has 0 aliphatic heterocycles. The summed E-state index contributed by atoms with van der Waals surface area (Å²) in [5.41, 5.74) is 3.56. The Balaban J connectivity index is 1.25. The van der Waals surface area contributed by atoms with Gasteiger partial charge in [0.15, 0.2) is 8.32 Å². The van der Waals surface area contributed by atoms with E-state index in [4.69, 9.17) is 27.2 Å². The van der Waals surface area contributed by atoms with Crippen molar-refractivity contribution in [2.24, 2.45) is 0 Å². The number of ether oxygens (including phenoxy) is 4. The van der Waals surface area contributed by atoms with E-state index in [0.717, 1.165) is 16.7 Å². The van der Waals surface area contributed by atoms with Crippen LogP contribution in [0.2, 0.25) is 38.3 Å². The molecule has 0 bridgehead atoms. The van der Waals surface area contributed by atoms with E-state index in [0.29, 0.717) is 35.1 Å². The highest BCUT2D eigenvalue weighted by atomic mass is 30.2. The summed E-state index contributed by atoms with van der Waals surface area (Å²) < 4.78 is 530. The van der Waals surface area contributed by atoms with Crippen molar-refractivity contribution in [1.82, 2.24) is 0 Å². The fourth-order valence-corrected chi connectivity index (χ4v) is 468. The third kappa shape index (κ3) is 32.8. The zero-order chi connectivity index (χ0) is 98.4. The number of hydrogen-bond acceptors (Lipinski definition) is 46. The van der Waals surface area contributed by atoms with Crippen molar-refractivity contribution in [3.05, 3.63) is 125 Å². The smallest absolute Gasteiger partial charge is 0.532 e. The first-order chi connectivity index (χ1) is 59.8. The first kappa shape index (κ1) is 118. The molecular weight excluding hydrogens is 2390 g/mol. The van der Waals surface area contributed by atoms with E-state index < -0.39 is 337 Å². The predicted octanol–water partition coefficient (Wildman–Crippen LogP) is -10.3. The van der Waals surface area contributed by atoms with Crippen LogP contribution in [0, 0.1) is 0 Å². The normalized spacial score (nSPS) is 10.9. The summed E-state index contributed by atoms with van der Waals surface area (Å²) in [4.78, 5) is 24.1. The van der Waals surface area contributed by atoms with E-state index in [1.807, 2.05) is 50.2 Å². The summed E-state index contributed by atoms with van der Waals surface area (Å²) in [6.45, 7) is 11.5. The average molecular weight is 2450 g/mol. The maximum Gasteiger partial charge on any atom is 0.532 e. The number of methoxy groups -OCH3 is 1. The molecular formula is C42H56O46Si41. The number of para-hydroxylation sites is 1. The van der Waals surface area contributed by atoms with Crippen LogP contribution >= 0.6 is 0 Å². The van der Waals surface area contributed by atoms with Gasteiger partial charge in [0, 0.05) is 12.3 Å². The fourth-order valence-electron chi connectivity index (χ4n) is 9.86. The number of rotatable bonds is 58. The van der Waals surface area contributed by atoms with Crippen LogP contribution in [0.1, 0.15) is 55.0 Å². The minimum atomic E-state index is -4.89. The van der Waals surface area contributed by atoms with Crippen LogP contribution in [0.15, 0.2) is 97.1 Å². The van der Waals surface area contributed by atoms with Gasteiger partial charge in [-0.3, -0.25) is 9.59 Å². The third-order valence-corrected chi connectivity index (χ3v) is 325. The van der Waals surface area contributed by atoms with Gasteiger partial charge in [-0.1, -0.05) is 80.6 Å². The molecule has 0 aliphatic rings. The highest BCUT2D eigenvalue weighted by Gasteiger charge is 2.60. The Morgan fingerprint density at radius 1 is 0.326 bits per heavy atom. The van der Waals surface area contributed by atoms with Crippen LogP contribution in [0.3, 0.4) is 0 Å². The Bertz CT molecular complexity index is 6030. The third-order valence-electron chi connectivity index (χ3n) is 17.3. The molecule has 0 unspecified atom stereocenters. The molecule has 46 nitrogen and oxygen atoms in total. The van der Waals surface area contributed by atoms with Crippen LogP contribution in [0.5, 0.6) is 17.2 Å². The quantitative estimate of drug-likeness (QED) is 0.0225. The van der Waals surface area contributed by atoms with Crippen LogP contribution < -0.4 is 14.2 Å². The molecule has 0 spiro atoms. The van der Waals surface area contributed by atoms with Crippen molar-refractivity contribution in [3.8, 4) is 17.2 Å². The van der Waals surface area contributed by atoms with E-state index in [-0.39, 0.29) is 37.8 Å². The lowest BCUT2D eigenvalue weighted by Gasteiger charge is -2.26. The second-order valence-electron chi connectivity index (χ2n) is 27.6. The van der Waals surface area contributed by atoms with Gasteiger partial charge in [-0.2, -0.15) is 0 Å². The molecule has 4 rings (SSSR count).